The lowest BCUT2D eigenvalue weighted by molar-refractivity contribution is -0.160. The summed E-state index contributed by atoms with van der Waals surface area (Å²) in [7, 11) is 0. The van der Waals surface area contributed by atoms with Gasteiger partial charge >= 0.3 is 0 Å². The third-order valence-electron chi connectivity index (χ3n) is 5.82. The smallest absolute Gasteiger partial charge is 0.0212 e. The van der Waals surface area contributed by atoms with E-state index >= 15 is 0 Å². The summed E-state index contributed by atoms with van der Waals surface area (Å²) in [4.78, 5) is 8.06. The summed E-state index contributed by atoms with van der Waals surface area (Å²) < 4.78 is 0. The van der Waals surface area contributed by atoms with Gasteiger partial charge in [0.2, 0.25) is 0 Å². The van der Waals surface area contributed by atoms with Gasteiger partial charge in [-0.25, -0.2) is 0 Å². The first kappa shape index (κ1) is 14.8. The Labute approximate surface area is 125 Å². The summed E-state index contributed by atoms with van der Waals surface area (Å²) in [5.74, 6) is 0. The van der Waals surface area contributed by atoms with Crippen molar-refractivity contribution in [2.45, 2.75) is 65.1 Å². The molecule has 0 bridgehead atoms. The molecule has 116 valence electrons. The molecule has 20 heavy (non-hydrogen) atoms. The Morgan fingerprint density at radius 2 is 1.50 bits per heavy atom. The van der Waals surface area contributed by atoms with Crippen molar-refractivity contribution in [3.05, 3.63) is 0 Å². The van der Waals surface area contributed by atoms with Crippen LogP contribution in [0.3, 0.4) is 0 Å². The van der Waals surface area contributed by atoms with Crippen LogP contribution in [0, 0.1) is 5.41 Å². The highest BCUT2D eigenvalue weighted by Crippen LogP contribution is 2.44. The van der Waals surface area contributed by atoms with E-state index in [9.17, 15) is 0 Å². The van der Waals surface area contributed by atoms with Gasteiger partial charge < -0.3 is 4.90 Å². The van der Waals surface area contributed by atoms with Crippen LogP contribution >= 0.6 is 0 Å². The summed E-state index contributed by atoms with van der Waals surface area (Å²) in [6, 6.07) is 1.60. The Hall–Kier alpha value is -0.120. The van der Waals surface area contributed by atoms with Gasteiger partial charge in [0.05, 0.1) is 0 Å². The van der Waals surface area contributed by atoms with Gasteiger partial charge in [-0.2, -0.15) is 0 Å². The van der Waals surface area contributed by atoms with Crippen LogP contribution in [0.2, 0.25) is 0 Å². The molecule has 0 saturated carbocycles. The lowest BCUT2D eigenvalue weighted by Crippen LogP contribution is -2.76. The zero-order chi connectivity index (χ0) is 14.5. The third kappa shape index (κ3) is 2.65. The molecular formula is C17H33N3. The fraction of sp³-hybridized carbons (Fsp3) is 1.00. The molecule has 0 radical (unpaired) electrons. The minimum absolute atomic E-state index is 0.369. The average molecular weight is 279 g/mol. The molecule has 1 spiro atoms. The van der Waals surface area contributed by atoms with Crippen LogP contribution in [0.5, 0.6) is 0 Å². The molecule has 3 aliphatic heterocycles. The Balaban J connectivity index is 1.42. The lowest BCUT2D eigenvalue weighted by atomic mass is 9.70. The number of rotatable bonds is 2. The molecule has 3 heteroatoms. The first-order valence-corrected chi connectivity index (χ1v) is 8.52. The van der Waals surface area contributed by atoms with Crippen LogP contribution in [-0.2, 0) is 0 Å². The largest absolute Gasteiger partial charge is 0.301 e. The Bertz CT molecular complexity index is 336. The second kappa shape index (κ2) is 4.96. The molecule has 0 aromatic heterocycles. The molecule has 0 unspecified atom stereocenters. The summed E-state index contributed by atoms with van der Waals surface area (Å²) >= 11 is 0. The Kier molecular flexibility index (Phi) is 3.67. The van der Waals surface area contributed by atoms with E-state index in [0.717, 1.165) is 12.1 Å². The molecule has 0 aliphatic carbocycles. The first-order valence-electron chi connectivity index (χ1n) is 8.52. The highest BCUT2D eigenvalue weighted by atomic mass is 15.4. The monoisotopic (exact) mass is 279 g/mol. The molecule has 3 heterocycles. The standard InChI is InChI=1S/C17H33N3/c1-14(2)18-8-6-15(7-9-18)19-10-17(11-19)12-20(13-17)16(3,4)5/h14-15H,6-13H2,1-5H3. The van der Waals surface area contributed by atoms with Gasteiger partial charge in [-0.1, -0.05) is 0 Å². The molecule has 0 aromatic rings. The van der Waals surface area contributed by atoms with Gasteiger partial charge in [-0.15, -0.1) is 0 Å². The highest BCUT2D eigenvalue weighted by Gasteiger charge is 2.54. The fourth-order valence-electron chi connectivity index (χ4n) is 4.28. The summed E-state index contributed by atoms with van der Waals surface area (Å²) in [6.07, 6.45) is 2.77. The van der Waals surface area contributed by atoms with Gasteiger partial charge in [-0.3, -0.25) is 9.80 Å². The van der Waals surface area contributed by atoms with E-state index in [1.807, 2.05) is 0 Å². The first-order chi connectivity index (χ1) is 9.29. The minimum Gasteiger partial charge on any atom is -0.301 e. The molecule has 3 fully saturated rings. The Morgan fingerprint density at radius 1 is 0.950 bits per heavy atom. The van der Waals surface area contributed by atoms with E-state index in [-0.39, 0.29) is 0 Å². The second-order valence-corrected chi connectivity index (χ2v) is 8.79. The summed E-state index contributed by atoms with van der Waals surface area (Å²) in [6.45, 7) is 19.7. The van der Waals surface area contributed by atoms with E-state index < -0.39 is 0 Å². The molecule has 3 saturated heterocycles. The number of piperidine rings is 1. The van der Waals surface area contributed by atoms with Crippen molar-refractivity contribution < 1.29 is 0 Å². The van der Waals surface area contributed by atoms with Crippen molar-refractivity contribution in [2.24, 2.45) is 5.41 Å². The second-order valence-electron chi connectivity index (χ2n) is 8.79. The van der Waals surface area contributed by atoms with Crippen LogP contribution in [0.1, 0.15) is 47.5 Å². The van der Waals surface area contributed by atoms with E-state index in [1.54, 1.807) is 0 Å². The van der Waals surface area contributed by atoms with Crippen LogP contribution < -0.4 is 0 Å². The molecule has 0 amide bonds. The maximum absolute atomic E-state index is 2.78. The maximum atomic E-state index is 2.78. The lowest BCUT2D eigenvalue weighted by Gasteiger charge is -2.65. The number of hydrogen-bond donors (Lipinski definition) is 0. The maximum Gasteiger partial charge on any atom is 0.0212 e. The minimum atomic E-state index is 0.369. The van der Waals surface area contributed by atoms with E-state index in [2.05, 4.69) is 49.3 Å². The number of likely N-dealkylation sites (tertiary alicyclic amines) is 3. The van der Waals surface area contributed by atoms with E-state index in [0.29, 0.717) is 11.0 Å². The van der Waals surface area contributed by atoms with Gasteiger partial charge in [0.1, 0.15) is 0 Å². The topological polar surface area (TPSA) is 9.72 Å². The predicted molar refractivity (Wildman–Crippen MR) is 85.1 cm³/mol. The van der Waals surface area contributed by atoms with E-state index in [1.165, 1.54) is 52.1 Å². The molecule has 3 rings (SSSR count). The van der Waals surface area contributed by atoms with Gasteiger partial charge in [0.25, 0.3) is 0 Å². The molecule has 0 atom stereocenters. The van der Waals surface area contributed by atoms with Gasteiger partial charge in [0, 0.05) is 49.2 Å². The highest BCUT2D eigenvalue weighted by molar-refractivity contribution is 5.09. The summed E-state index contributed by atoms with van der Waals surface area (Å²) in [5.41, 5.74) is 1.04. The predicted octanol–water partition coefficient (Wildman–Crippen LogP) is 2.28. The van der Waals surface area contributed by atoms with Crippen molar-refractivity contribution in [3.8, 4) is 0 Å². The summed E-state index contributed by atoms with van der Waals surface area (Å²) in [5, 5.41) is 0. The van der Waals surface area contributed by atoms with Crippen molar-refractivity contribution >= 4 is 0 Å². The van der Waals surface area contributed by atoms with Crippen LogP contribution in [-0.4, -0.2) is 71.6 Å². The number of nitrogens with zero attached hydrogens (tertiary/aromatic N) is 3. The van der Waals surface area contributed by atoms with Crippen molar-refractivity contribution in [3.63, 3.8) is 0 Å². The molecule has 3 nitrogen and oxygen atoms in total. The molecule has 0 N–H and O–H groups in total. The quantitative estimate of drug-likeness (QED) is 0.768. The molecule has 3 aliphatic rings. The van der Waals surface area contributed by atoms with Crippen molar-refractivity contribution in [1.29, 1.82) is 0 Å². The number of hydrogen-bond acceptors (Lipinski definition) is 3. The molecular weight excluding hydrogens is 246 g/mol. The molecule has 0 aromatic carbocycles. The van der Waals surface area contributed by atoms with Crippen LogP contribution in [0.15, 0.2) is 0 Å². The van der Waals surface area contributed by atoms with Crippen LogP contribution in [0.4, 0.5) is 0 Å². The zero-order valence-corrected chi connectivity index (χ0v) is 14.2. The normalized spacial score (nSPS) is 29.7. The van der Waals surface area contributed by atoms with Crippen molar-refractivity contribution in [2.75, 3.05) is 39.3 Å². The van der Waals surface area contributed by atoms with Crippen LogP contribution in [0.25, 0.3) is 0 Å². The third-order valence-corrected chi connectivity index (χ3v) is 5.82. The van der Waals surface area contributed by atoms with Gasteiger partial charge in [-0.05, 0) is 60.5 Å². The zero-order valence-electron chi connectivity index (χ0n) is 14.2. The van der Waals surface area contributed by atoms with E-state index in [4.69, 9.17) is 0 Å². The SMILES string of the molecule is CC(C)N1CCC(N2CC3(C2)CN(C(C)(C)C)C3)CC1. The van der Waals surface area contributed by atoms with Crippen molar-refractivity contribution in [1.82, 2.24) is 14.7 Å². The fourth-order valence-corrected chi connectivity index (χ4v) is 4.28. The average Bonchev–Trinajstić information content (AvgIpc) is 2.24. The van der Waals surface area contributed by atoms with Gasteiger partial charge in [0.15, 0.2) is 0 Å². The Morgan fingerprint density at radius 3 is 1.95 bits per heavy atom.